The second kappa shape index (κ2) is 6.10. The van der Waals surface area contributed by atoms with E-state index in [1.165, 1.54) is 44.9 Å². The van der Waals surface area contributed by atoms with E-state index in [2.05, 4.69) is 13.0 Å². The molecule has 4 aliphatic rings. The molecule has 0 bridgehead atoms. The largest absolute Gasteiger partial charge is 0.395 e. The van der Waals surface area contributed by atoms with Crippen LogP contribution in [0.3, 0.4) is 0 Å². The van der Waals surface area contributed by atoms with Crippen molar-refractivity contribution in [3.63, 3.8) is 0 Å². The number of allylic oxidation sites excluding steroid dienone is 1. The second-order valence-electron chi connectivity index (χ2n) is 9.34. The SMILES string of the molecule is C[C@]12CC[C@@H]3[C@@H](CC=C4CCCC[C@@]43CO)[C@@H]1CCC2C(O)CO. The molecule has 0 aromatic rings. The van der Waals surface area contributed by atoms with E-state index >= 15 is 0 Å². The highest BCUT2D eigenvalue weighted by molar-refractivity contribution is 5.25. The van der Waals surface area contributed by atoms with Gasteiger partial charge in [0, 0.05) is 5.41 Å². The summed E-state index contributed by atoms with van der Waals surface area (Å²) < 4.78 is 0. The lowest BCUT2D eigenvalue weighted by Gasteiger charge is -2.58. The summed E-state index contributed by atoms with van der Waals surface area (Å²) in [5.74, 6) is 2.18. The Balaban J connectivity index is 1.66. The average Bonchev–Trinajstić information content (AvgIpc) is 2.97. The van der Waals surface area contributed by atoms with Crippen molar-refractivity contribution in [3.05, 3.63) is 11.6 Å². The highest BCUT2D eigenvalue weighted by Crippen LogP contribution is 2.66. The third-order valence-corrected chi connectivity index (χ3v) is 8.75. The van der Waals surface area contributed by atoms with Crippen LogP contribution < -0.4 is 0 Å². The van der Waals surface area contributed by atoms with Crippen LogP contribution in [0, 0.1) is 34.5 Å². The minimum Gasteiger partial charge on any atom is -0.395 e. The zero-order chi connectivity index (χ0) is 16.9. The normalized spacial score (nSPS) is 48.9. The van der Waals surface area contributed by atoms with E-state index in [9.17, 15) is 15.3 Å². The van der Waals surface area contributed by atoms with Gasteiger partial charge in [0.2, 0.25) is 0 Å². The predicted molar refractivity (Wildman–Crippen MR) is 94.3 cm³/mol. The summed E-state index contributed by atoms with van der Waals surface area (Å²) in [4.78, 5) is 0. The molecule has 0 spiro atoms. The van der Waals surface area contributed by atoms with Gasteiger partial charge in [-0.05, 0) is 80.5 Å². The first-order valence-corrected chi connectivity index (χ1v) is 10.2. The van der Waals surface area contributed by atoms with Crippen LogP contribution in [0.4, 0.5) is 0 Å². The molecule has 0 aromatic heterocycles. The standard InChI is InChI=1S/C21H34O3/c1-20-11-9-17-15(16(20)7-8-18(20)19(24)12-22)6-5-14-4-2-3-10-21(14,17)13-23/h5,15-19,22-24H,2-4,6-13H2,1H3/t15-,16-,17+,18?,19?,20-,21+/m0/s1. The monoisotopic (exact) mass is 334 g/mol. The molecular weight excluding hydrogens is 300 g/mol. The van der Waals surface area contributed by atoms with Crippen LogP contribution in [0.15, 0.2) is 11.6 Å². The van der Waals surface area contributed by atoms with E-state index in [4.69, 9.17) is 0 Å². The van der Waals surface area contributed by atoms with Crippen molar-refractivity contribution in [2.45, 2.75) is 70.8 Å². The quantitative estimate of drug-likeness (QED) is 0.694. The Morgan fingerprint density at radius 2 is 1.96 bits per heavy atom. The first kappa shape index (κ1) is 17.1. The van der Waals surface area contributed by atoms with Gasteiger partial charge in [0.15, 0.2) is 0 Å². The van der Waals surface area contributed by atoms with E-state index in [1.807, 2.05) is 0 Å². The molecule has 136 valence electrons. The van der Waals surface area contributed by atoms with Crippen molar-refractivity contribution in [1.29, 1.82) is 0 Å². The molecule has 0 heterocycles. The van der Waals surface area contributed by atoms with Crippen molar-refractivity contribution in [1.82, 2.24) is 0 Å². The van der Waals surface area contributed by atoms with Crippen LogP contribution in [0.2, 0.25) is 0 Å². The first-order chi connectivity index (χ1) is 11.6. The number of aliphatic hydroxyl groups excluding tert-OH is 3. The Kier molecular flexibility index (Phi) is 4.34. The number of rotatable bonds is 3. The molecule has 3 saturated carbocycles. The molecule has 0 amide bonds. The third-order valence-electron chi connectivity index (χ3n) is 8.75. The summed E-state index contributed by atoms with van der Waals surface area (Å²) in [5, 5.41) is 30.2. The zero-order valence-electron chi connectivity index (χ0n) is 15.1. The second-order valence-corrected chi connectivity index (χ2v) is 9.34. The molecule has 4 aliphatic carbocycles. The molecule has 3 nitrogen and oxygen atoms in total. The smallest absolute Gasteiger partial charge is 0.0804 e. The van der Waals surface area contributed by atoms with E-state index in [-0.39, 0.29) is 23.4 Å². The Morgan fingerprint density at radius 1 is 1.12 bits per heavy atom. The predicted octanol–water partition coefficient (Wildman–Crippen LogP) is 3.28. The van der Waals surface area contributed by atoms with Gasteiger partial charge in [-0.25, -0.2) is 0 Å². The molecule has 0 aliphatic heterocycles. The zero-order valence-corrected chi connectivity index (χ0v) is 15.1. The van der Waals surface area contributed by atoms with Crippen LogP contribution in [-0.4, -0.2) is 34.6 Å². The number of hydrogen-bond acceptors (Lipinski definition) is 3. The fourth-order valence-corrected chi connectivity index (χ4v) is 7.57. The van der Waals surface area contributed by atoms with Crippen LogP contribution in [0.25, 0.3) is 0 Å². The maximum atomic E-state index is 10.4. The molecule has 4 rings (SSSR count). The lowest BCUT2D eigenvalue weighted by atomic mass is 9.47. The van der Waals surface area contributed by atoms with Gasteiger partial charge in [-0.1, -0.05) is 25.0 Å². The molecule has 3 heteroatoms. The number of aliphatic hydroxyl groups is 3. The summed E-state index contributed by atoms with van der Waals surface area (Å²) in [7, 11) is 0. The van der Waals surface area contributed by atoms with Crippen molar-refractivity contribution in [2.24, 2.45) is 34.5 Å². The molecular formula is C21H34O3. The van der Waals surface area contributed by atoms with Crippen molar-refractivity contribution in [3.8, 4) is 0 Å². The number of hydrogen-bond donors (Lipinski definition) is 3. The van der Waals surface area contributed by atoms with Gasteiger partial charge < -0.3 is 15.3 Å². The van der Waals surface area contributed by atoms with Crippen LogP contribution in [0.5, 0.6) is 0 Å². The summed E-state index contributed by atoms with van der Waals surface area (Å²) in [6.07, 6.45) is 12.6. The molecule has 2 unspecified atom stereocenters. The Bertz CT molecular complexity index is 515. The van der Waals surface area contributed by atoms with Gasteiger partial charge in [-0.3, -0.25) is 0 Å². The highest BCUT2D eigenvalue weighted by atomic mass is 16.3. The molecule has 0 saturated heterocycles. The van der Waals surface area contributed by atoms with Crippen LogP contribution in [0.1, 0.15) is 64.7 Å². The molecule has 0 radical (unpaired) electrons. The summed E-state index contributed by atoms with van der Waals surface area (Å²) in [6, 6.07) is 0. The summed E-state index contributed by atoms with van der Waals surface area (Å²) in [6.45, 7) is 2.59. The Hall–Kier alpha value is -0.380. The topological polar surface area (TPSA) is 60.7 Å². The fourth-order valence-electron chi connectivity index (χ4n) is 7.57. The van der Waals surface area contributed by atoms with Crippen LogP contribution >= 0.6 is 0 Å². The van der Waals surface area contributed by atoms with Gasteiger partial charge in [0.1, 0.15) is 0 Å². The third kappa shape index (κ3) is 2.20. The van der Waals surface area contributed by atoms with Gasteiger partial charge >= 0.3 is 0 Å². The minimum atomic E-state index is -0.562. The average molecular weight is 334 g/mol. The van der Waals surface area contributed by atoms with E-state index in [1.54, 1.807) is 5.57 Å². The lowest BCUT2D eigenvalue weighted by Crippen LogP contribution is -2.52. The highest BCUT2D eigenvalue weighted by Gasteiger charge is 2.60. The summed E-state index contributed by atoms with van der Waals surface area (Å²) in [5.41, 5.74) is 1.79. The van der Waals surface area contributed by atoms with Crippen molar-refractivity contribution >= 4 is 0 Å². The van der Waals surface area contributed by atoms with E-state index < -0.39 is 6.10 Å². The van der Waals surface area contributed by atoms with Gasteiger partial charge in [-0.15, -0.1) is 0 Å². The van der Waals surface area contributed by atoms with Gasteiger partial charge in [-0.2, -0.15) is 0 Å². The summed E-state index contributed by atoms with van der Waals surface area (Å²) >= 11 is 0. The van der Waals surface area contributed by atoms with E-state index in [0.29, 0.717) is 24.4 Å². The lowest BCUT2D eigenvalue weighted by molar-refractivity contribution is -0.0876. The number of fused-ring (bicyclic) bond motifs is 5. The Morgan fingerprint density at radius 3 is 2.71 bits per heavy atom. The minimum absolute atomic E-state index is 0.0657. The fraction of sp³-hybridized carbons (Fsp3) is 0.905. The van der Waals surface area contributed by atoms with E-state index in [0.717, 1.165) is 12.8 Å². The van der Waals surface area contributed by atoms with Gasteiger partial charge in [0.05, 0.1) is 19.3 Å². The maximum absolute atomic E-state index is 10.4. The van der Waals surface area contributed by atoms with Crippen molar-refractivity contribution in [2.75, 3.05) is 13.2 Å². The molecule has 0 aromatic carbocycles. The molecule has 3 N–H and O–H groups in total. The molecule has 3 fully saturated rings. The molecule has 7 atom stereocenters. The maximum Gasteiger partial charge on any atom is 0.0804 e. The van der Waals surface area contributed by atoms with Gasteiger partial charge in [0.25, 0.3) is 0 Å². The first-order valence-electron chi connectivity index (χ1n) is 10.2. The Labute approximate surface area is 146 Å². The molecule has 24 heavy (non-hydrogen) atoms. The van der Waals surface area contributed by atoms with Crippen LogP contribution in [-0.2, 0) is 0 Å². The van der Waals surface area contributed by atoms with Crippen molar-refractivity contribution < 1.29 is 15.3 Å².